The molecule has 0 atom stereocenters. The SMILES string of the molecule is [C-]#[N+]c1cccc(-c2ccc(-c3ccccc3-c3cc(-c4ccccc4-c4ccc(-c5ccccc5)nc4)cc(-c4ccccc4-c4ccc(-c5ccccc5)nc4)c3)cn2)c1. The van der Waals surface area contributed by atoms with Gasteiger partial charge in [-0.1, -0.05) is 170 Å². The van der Waals surface area contributed by atoms with Gasteiger partial charge in [0.15, 0.2) is 5.69 Å². The van der Waals surface area contributed by atoms with Crippen LogP contribution >= 0.6 is 0 Å². The second kappa shape index (κ2) is 17.0. The van der Waals surface area contributed by atoms with Gasteiger partial charge in [-0.25, -0.2) is 4.85 Å². The molecule has 0 saturated carbocycles. The Hall–Kier alpha value is -8.52. The molecule has 0 fully saturated rings. The highest BCUT2D eigenvalue weighted by atomic mass is 14.7. The van der Waals surface area contributed by atoms with Gasteiger partial charge in [0.05, 0.1) is 23.7 Å². The summed E-state index contributed by atoms with van der Waals surface area (Å²) in [7, 11) is 0. The van der Waals surface area contributed by atoms with E-state index in [0.717, 1.165) is 101 Å². The molecule has 0 aliphatic carbocycles. The maximum absolute atomic E-state index is 7.48. The van der Waals surface area contributed by atoms with Gasteiger partial charge in [0.1, 0.15) is 0 Å². The van der Waals surface area contributed by atoms with Crippen LogP contribution in [0.15, 0.2) is 231 Å². The predicted molar refractivity (Wildman–Crippen MR) is 255 cm³/mol. The summed E-state index contributed by atoms with van der Waals surface area (Å²) < 4.78 is 0. The number of rotatable bonds is 9. The molecule has 3 heterocycles. The van der Waals surface area contributed by atoms with Gasteiger partial charge < -0.3 is 0 Å². The molecule has 0 amide bonds. The number of nitrogens with zero attached hydrogens (tertiary/aromatic N) is 4. The maximum Gasteiger partial charge on any atom is 0.187 e. The quantitative estimate of drug-likeness (QED) is 0.137. The fourth-order valence-electron chi connectivity index (χ4n) is 8.18. The molecular formula is C58H38N4. The van der Waals surface area contributed by atoms with Crippen LogP contribution in [-0.2, 0) is 0 Å². The second-order valence-corrected chi connectivity index (χ2v) is 15.1. The van der Waals surface area contributed by atoms with Gasteiger partial charge in [-0.3, -0.25) is 15.0 Å². The molecule has 10 aromatic rings. The summed E-state index contributed by atoms with van der Waals surface area (Å²) in [5.41, 5.74) is 19.4. The molecular weight excluding hydrogens is 753 g/mol. The minimum Gasteiger partial charge on any atom is -0.256 e. The van der Waals surface area contributed by atoms with Crippen molar-refractivity contribution in [3.63, 3.8) is 0 Å². The summed E-state index contributed by atoms with van der Waals surface area (Å²) in [5, 5.41) is 0. The lowest BCUT2D eigenvalue weighted by atomic mass is 9.86. The lowest BCUT2D eigenvalue weighted by molar-refractivity contribution is 1.32. The molecule has 4 heteroatoms. The van der Waals surface area contributed by atoms with Crippen LogP contribution in [0, 0.1) is 6.57 Å². The molecule has 4 nitrogen and oxygen atoms in total. The van der Waals surface area contributed by atoms with Gasteiger partial charge >= 0.3 is 0 Å². The Labute approximate surface area is 362 Å². The monoisotopic (exact) mass is 790 g/mol. The van der Waals surface area contributed by atoms with Crippen molar-refractivity contribution in [1.82, 2.24) is 15.0 Å². The van der Waals surface area contributed by atoms with E-state index in [1.807, 2.05) is 85.3 Å². The fraction of sp³-hybridized carbons (Fsp3) is 0. The summed E-state index contributed by atoms with van der Waals surface area (Å²) in [6.07, 6.45) is 5.90. The zero-order valence-corrected chi connectivity index (χ0v) is 33.7. The van der Waals surface area contributed by atoms with E-state index < -0.39 is 0 Å². The van der Waals surface area contributed by atoms with Crippen molar-refractivity contribution < 1.29 is 0 Å². The van der Waals surface area contributed by atoms with E-state index in [9.17, 15) is 0 Å². The third-order valence-electron chi connectivity index (χ3n) is 11.3. The van der Waals surface area contributed by atoms with Crippen LogP contribution in [-0.4, -0.2) is 15.0 Å². The lowest BCUT2D eigenvalue weighted by Gasteiger charge is -2.18. The molecule has 62 heavy (non-hydrogen) atoms. The zero-order chi connectivity index (χ0) is 41.7. The summed E-state index contributed by atoms with van der Waals surface area (Å²) in [6.45, 7) is 7.48. The Kier molecular flexibility index (Phi) is 10.3. The van der Waals surface area contributed by atoms with Crippen LogP contribution in [0.3, 0.4) is 0 Å². The Bertz CT molecular complexity index is 3060. The van der Waals surface area contributed by atoms with Crippen molar-refractivity contribution in [2.75, 3.05) is 0 Å². The Morgan fingerprint density at radius 3 is 0.919 bits per heavy atom. The number of pyridine rings is 3. The zero-order valence-electron chi connectivity index (χ0n) is 33.7. The highest BCUT2D eigenvalue weighted by molar-refractivity contribution is 5.94. The van der Waals surface area contributed by atoms with Crippen molar-refractivity contribution in [2.24, 2.45) is 0 Å². The first kappa shape index (κ1) is 37.7. The van der Waals surface area contributed by atoms with Crippen LogP contribution in [0.25, 0.3) is 105 Å². The summed E-state index contributed by atoms with van der Waals surface area (Å²) in [5.74, 6) is 0. The Morgan fingerprint density at radius 2 is 0.581 bits per heavy atom. The number of benzene rings is 7. The van der Waals surface area contributed by atoms with Crippen LogP contribution in [0.5, 0.6) is 0 Å². The second-order valence-electron chi connectivity index (χ2n) is 15.1. The van der Waals surface area contributed by atoms with Gasteiger partial charge in [0, 0.05) is 46.4 Å². The van der Waals surface area contributed by atoms with Crippen molar-refractivity contribution in [3.05, 3.63) is 242 Å². The number of hydrogen-bond donors (Lipinski definition) is 0. The van der Waals surface area contributed by atoms with E-state index in [-0.39, 0.29) is 0 Å². The molecule has 0 unspecified atom stereocenters. The van der Waals surface area contributed by atoms with Crippen LogP contribution in [0.2, 0.25) is 0 Å². The summed E-state index contributed by atoms with van der Waals surface area (Å²) >= 11 is 0. The van der Waals surface area contributed by atoms with Gasteiger partial charge in [0.25, 0.3) is 0 Å². The smallest absolute Gasteiger partial charge is 0.187 e. The first-order valence-electron chi connectivity index (χ1n) is 20.6. The maximum atomic E-state index is 7.48. The van der Waals surface area contributed by atoms with Crippen molar-refractivity contribution >= 4 is 5.69 Å². The van der Waals surface area contributed by atoms with Crippen LogP contribution in [0.4, 0.5) is 5.69 Å². The van der Waals surface area contributed by atoms with Crippen molar-refractivity contribution in [1.29, 1.82) is 0 Å². The molecule has 0 aliphatic rings. The Balaban J connectivity index is 1.11. The van der Waals surface area contributed by atoms with Gasteiger partial charge in [-0.2, -0.15) is 0 Å². The Morgan fingerprint density at radius 1 is 0.258 bits per heavy atom. The molecule has 0 radical (unpaired) electrons. The standard InChI is InChI=1S/C58H38N4/c1-59-49-20-14-19-42(36-49)58-32-29-45(39-62-58)52-23-10-13-26-55(52)48-34-46(53-24-11-8-21-50(53)43-27-30-56(60-37-43)40-15-4-2-5-16-40)33-47(35-48)54-25-12-9-22-51(54)44-28-31-57(61-38-44)41-17-6-3-7-18-41/h2-39H. The molecule has 3 aromatic heterocycles. The first-order valence-corrected chi connectivity index (χ1v) is 20.6. The van der Waals surface area contributed by atoms with Crippen LogP contribution in [0.1, 0.15) is 0 Å². The predicted octanol–water partition coefficient (Wildman–Crippen LogP) is 15.4. The minimum atomic E-state index is 0.596. The molecule has 0 aliphatic heterocycles. The van der Waals surface area contributed by atoms with Crippen molar-refractivity contribution in [3.8, 4) is 101 Å². The topological polar surface area (TPSA) is 43.0 Å². The van der Waals surface area contributed by atoms with E-state index >= 15 is 0 Å². The largest absolute Gasteiger partial charge is 0.256 e. The first-order chi connectivity index (χ1) is 30.7. The molecule has 0 bridgehead atoms. The normalized spacial score (nSPS) is 10.9. The summed E-state index contributed by atoms with van der Waals surface area (Å²) in [6, 6.07) is 73.6. The third kappa shape index (κ3) is 7.71. The molecule has 0 saturated heterocycles. The lowest BCUT2D eigenvalue weighted by Crippen LogP contribution is -1.93. The van der Waals surface area contributed by atoms with Gasteiger partial charge in [0.2, 0.25) is 0 Å². The third-order valence-corrected chi connectivity index (χ3v) is 11.3. The van der Waals surface area contributed by atoms with E-state index in [1.165, 1.54) is 0 Å². The molecule has 10 rings (SSSR count). The average molecular weight is 791 g/mol. The summed E-state index contributed by atoms with van der Waals surface area (Å²) in [4.78, 5) is 18.3. The molecule has 7 aromatic carbocycles. The minimum absolute atomic E-state index is 0.596. The van der Waals surface area contributed by atoms with E-state index in [0.29, 0.717) is 5.69 Å². The number of aromatic nitrogens is 3. The van der Waals surface area contributed by atoms with E-state index in [1.54, 1.807) is 0 Å². The van der Waals surface area contributed by atoms with Crippen molar-refractivity contribution in [2.45, 2.75) is 0 Å². The van der Waals surface area contributed by atoms with E-state index in [4.69, 9.17) is 21.5 Å². The fourth-order valence-corrected chi connectivity index (χ4v) is 8.18. The average Bonchev–Trinajstić information content (AvgIpc) is 3.37. The molecule has 290 valence electrons. The molecule has 0 spiro atoms. The van der Waals surface area contributed by atoms with Crippen LogP contribution < -0.4 is 0 Å². The van der Waals surface area contributed by atoms with Gasteiger partial charge in [-0.15, -0.1) is 0 Å². The molecule has 0 N–H and O–H groups in total. The van der Waals surface area contributed by atoms with Gasteiger partial charge in [-0.05, 0) is 98.1 Å². The van der Waals surface area contributed by atoms with E-state index in [2.05, 4.69) is 150 Å². The highest BCUT2D eigenvalue weighted by Gasteiger charge is 2.17. The number of hydrogen-bond acceptors (Lipinski definition) is 3. The highest BCUT2D eigenvalue weighted by Crippen LogP contribution is 2.42.